The largest absolute Gasteiger partial charge is 0.497 e. The number of fused-ring (bicyclic) bond motifs is 3. The Hall–Kier alpha value is -3.48. The van der Waals surface area contributed by atoms with E-state index in [-0.39, 0.29) is 11.9 Å². The van der Waals surface area contributed by atoms with Gasteiger partial charge in [-0.3, -0.25) is 14.7 Å². The van der Waals surface area contributed by atoms with E-state index in [2.05, 4.69) is 33.4 Å². The number of nitrogens with zero attached hydrogens (tertiary/aromatic N) is 2. The van der Waals surface area contributed by atoms with E-state index in [4.69, 9.17) is 9.47 Å². The Labute approximate surface area is 193 Å². The van der Waals surface area contributed by atoms with Gasteiger partial charge >= 0.3 is 0 Å². The normalized spacial score (nSPS) is 15.4. The van der Waals surface area contributed by atoms with E-state index in [1.165, 1.54) is 0 Å². The number of nitrogens with one attached hydrogen (secondary N) is 1. The summed E-state index contributed by atoms with van der Waals surface area (Å²) < 4.78 is 10.9. The Kier molecular flexibility index (Phi) is 6.19. The monoisotopic (exact) mass is 441 g/mol. The molecule has 0 bridgehead atoms. The van der Waals surface area contributed by atoms with Gasteiger partial charge in [0.05, 0.1) is 37.4 Å². The molecule has 168 valence electrons. The topological polar surface area (TPSA) is 63.7 Å². The van der Waals surface area contributed by atoms with Crippen molar-refractivity contribution in [3.05, 3.63) is 84.1 Å². The van der Waals surface area contributed by atoms with Crippen LogP contribution in [0.1, 0.15) is 22.0 Å². The van der Waals surface area contributed by atoms with Crippen LogP contribution in [0.5, 0.6) is 5.75 Å². The number of hydrogen-bond donors (Lipinski definition) is 1. The van der Waals surface area contributed by atoms with Crippen molar-refractivity contribution < 1.29 is 14.3 Å². The van der Waals surface area contributed by atoms with Gasteiger partial charge in [0.1, 0.15) is 5.75 Å². The molecule has 1 saturated heterocycles. The van der Waals surface area contributed by atoms with Crippen LogP contribution in [-0.2, 0) is 4.74 Å². The summed E-state index contributed by atoms with van der Waals surface area (Å²) in [6.07, 6.45) is 1.74. The molecule has 0 spiro atoms. The van der Waals surface area contributed by atoms with Crippen molar-refractivity contribution >= 4 is 27.6 Å². The van der Waals surface area contributed by atoms with Gasteiger partial charge < -0.3 is 14.8 Å². The zero-order chi connectivity index (χ0) is 22.6. The fraction of sp³-hybridized carbons (Fsp3) is 0.259. The minimum atomic E-state index is -0.115. The number of methoxy groups -OCH3 is 1. The summed E-state index contributed by atoms with van der Waals surface area (Å²) >= 11 is 0. The van der Waals surface area contributed by atoms with Crippen molar-refractivity contribution in [3.63, 3.8) is 0 Å². The molecule has 3 aromatic carbocycles. The van der Waals surface area contributed by atoms with E-state index < -0.39 is 0 Å². The predicted octanol–water partition coefficient (Wildman–Crippen LogP) is 4.20. The molecule has 1 aliphatic heterocycles. The van der Waals surface area contributed by atoms with Gasteiger partial charge in [0.2, 0.25) is 0 Å². The lowest BCUT2D eigenvalue weighted by Gasteiger charge is -2.35. The lowest BCUT2D eigenvalue weighted by atomic mass is 10.00. The average molecular weight is 442 g/mol. The fourth-order valence-corrected chi connectivity index (χ4v) is 4.56. The minimum Gasteiger partial charge on any atom is -0.497 e. The van der Waals surface area contributed by atoms with Gasteiger partial charge in [-0.15, -0.1) is 0 Å². The molecule has 4 aromatic rings. The number of pyridine rings is 1. The molecule has 5 rings (SSSR count). The van der Waals surface area contributed by atoms with E-state index in [1.807, 2.05) is 48.5 Å². The van der Waals surface area contributed by atoms with Crippen molar-refractivity contribution in [1.82, 2.24) is 15.2 Å². The summed E-state index contributed by atoms with van der Waals surface area (Å²) in [5.74, 6) is 0.702. The van der Waals surface area contributed by atoms with Crippen molar-refractivity contribution in [1.29, 1.82) is 0 Å². The van der Waals surface area contributed by atoms with E-state index in [0.29, 0.717) is 25.3 Å². The summed E-state index contributed by atoms with van der Waals surface area (Å²) in [4.78, 5) is 20.3. The van der Waals surface area contributed by atoms with Crippen LogP contribution in [0, 0.1) is 0 Å². The molecule has 6 heteroatoms. The van der Waals surface area contributed by atoms with Crippen LogP contribution in [0.2, 0.25) is 0 Å². The highest BCUT2D eigenvalue weighted by atomic mass is 16.5. The van der Waals surface area contributed by atoms with Crippen LogP contribution in [0.15, 0.2) is 72.9 Å². The number of ether oxygens (including phenoxy) is 2. The number of hydrogen-bond acceptors (Lipinski definition) is 5. The Morgan fingerprint density at radius 1 is 1.06 bits per heavy atom. The Bertz CT molecular complexity index is 1270. The summed E-state index contributed by atoms with van der Waals surface area (Å²) in [7, 11) is 1.66. The summed E-state index contributed by atoms with van der Waals surface area (Å²) in [6, 6.07) is 22.1. The SMILES string of the molecule is COc1ccc(C(CNC(=O)c2cc3ccccc3c3cccnc23)N2CCOCC2)cc1. The number of benzene rings is 3. The van der Waals surface area contributed by atoms with Crippen LogP contribution in [-0.4, -0.2) is 55.7 Å². The van der Waals surface area contributed by atoms with Crippen LogP contribution < -0.4 is 10.1 Å². The molecule has 1 fully saturated rings. The molecule has 1 atom stereocenters. The Morgan fingerprint density at radius 3 is 2.61 bits per heavy atom. The number of amides is 1. The highest BCUT2D eigenvalue weighted by molar-refractivity contribution is 6.15. The standard InChI is InChI=1S/C27H27N3O3/c1-32-21-10-8-19(9-11-21)25(30-13-15-33-16-14-30)18-29-27(31)24-17-20-5-2-3-6-22(20)23-7-4-12-28-26(23)24/h2-12,17,25H,13-16,18H2,1H3,(H,29,31). The Balaban J connectivity index is 1.44. The molecule has 6 nitrogen and oxygen atoms in total. The predicted molar refractivity (Wildman–Crippen MR) is 130 cm³/mol. The van der Waals surface area contributed by atoms with Gasteiger partial charge in [-0.1, -0.05) is 42.5 Å². The maximum atomic E-state index is 13.4. The van der Waals surface area contributed by atoms with Crippen LogP contribution in [0.3, 0.4) is 0 Å². The third kappa shape index (κ3) is 4.40. The molecule has 1 N–H and O–H groups in total. The average Bonchev–Trinajstić information content (AvgIpc) is 2.89. The molecule has 2 heterocycles. The lowest BCUT2D eigenvalue weighted by molar-refractivity contribution is 0.0162. The van der Waals surface area contributed by atoms with Crippen molar-refractivity contribution in [2.45, 2.75) is 6.04 Å². The number of aromatic nitrogens is 1. The van der Waals surface area contributed by atoms with E-state index in [9.17, 15) is 4.79 Å². The zero-order valence-corrected chi connectivity index (χ0v) is 18.7. The molecule has 0 radical (unpaired) electrons. The van der Waals surface area contributed by atoms with Crippen molar-refractivity contribution in [3.8, 4) is 5.75 Å². The molecular formula is C27H27N3O3. The van der Waals surface area contributed by atoms with Crippen LogP contribution in [0.4, 0.5) is 0 Å². The van der Waals surface area contributed by atoms with E-state index in [0.717, 1.165) is 46.1 Å². The first-order valence-electron chi connectivity index (χ1n) is 11.2. The maximum absolute atomic E-state index is 13.4. The second kappa shape index (κ2) is 9.57. The van der Waals surface area contributed by atoms with Gasteiger partial charge in [0.25, 0.3) is 5.91 Å². The van der Waals surface area contributed by atoms with Crippen molar-refractivity contribution in [2.24, 2.45) is 0 Å². The number of carbonyl (C=O) groups excluding carboxylic acids is 1. The molecule has 1 unspecified atom stereocenters. The van der Waals surface area contributed by atoms with Gasteiger partial charge in [-0.2, -0.15) is 0 Å². The minimum absolute atomic E-state index is 0.0448. The highest BCUT2D eigenvalue weighted by Crippen LogP contribution is 2.28. The smallest absolute Gasteiger partial charge is 0.253 e. The van der Waals surface area contributed by atoms with Crippen LogP contribution >= 0.6 is 0 Å². The third-order valence-electron chi connectivity index (χ3n) is 6.30. The maximum Gasteiger partial charge on any atom is 0.253 e. The van der Waals surface area contributed by atoms with Gasteiger partial charge in [0, 0.05) is 31.2 Å². The molecule has 0 aliphatic carbocycles. The molecule has 0 saturated carbocycles. The number of rotatable bonds is 6. The van der Waals surface area contributed by atoms with E-state index >= 15 is 0 Å². The summed E-state index contributed by atoms with van der Waals surface area (Å²) in [5, 5.41) is 6.30. The zero-order valence-electron chi connectivity index (χ0n) is 18.7. The Morgan fingerprint density at radius 2 is 1.82 bits per heavy atom. The lowest BCUT2D eigenvalue weighted by Crippen LogP contribution is -2.43. The first-order chi connectivity index (χ1) is 16.2. The van der Waals surface area contributed by atoms with Gasteiger partial charge in [-0.05, 0) is 40.6 Å². The third-order valence-corrected chi connectivity index (χ3v) is 6.30. The van der Waals surface area contributed by atoms with Gasteiger partial charge in [-0.25, -0.2) is 0 Å². The summed E-state index contributed by atoms with van der Waals surface area (Å²) in [5.41, 5.74) is 2.46. The molecular weight excluding hydrogens is 414 g/mol. The summed E-state index contributed by atoms with van der Waals surface area (Å²) in [6.45, 7) is 3.53. The molecule has 1 amide bonds. The highest BCUT2D eigenvalue weighted by Gasteiger charge is 2.24. The molecule has 1 aliphatic rings. The first-order valence-corrected chi connectivity index (χ1v) is 11.2. The second-order valence-corrected chi connectivity index (χ2v) is 8.19. The molecule has 1 aromatic heterocycles. The quantitative estimate of drug-likeness (QED) is 0.455. The van der Waals surface area contributed by atoms with E-state index in [1.54, 1.807) is 13.3 Å². The second-order valence-electron chi connectivity index (χ2n) is 8.19. The fourth-order valence-electron chi connectivity index (χ4n) is 4.56. The van der Waals surface area contributed by atoms with Crippen LogP contribution in [0.25, 0.3) is 21.7 Å². The number of morpholine rings is 1. The molecule has 33 heavy (non-hydrogen) atoms. The van der Waals surface area contributed by atoms with Crippen molar-refractivity contribution in [2.75, 3.05) is 40.0 Å². The van der Waals surface area contributed by atoms with Gasteiger partial charge in [0.15, 0.2) is 0 Å². The first kappa shape index (κ1) is 21.4. The number of carbonyl (C=O) groups is 1.